The average molecular weight is 400 g/mol. The van der Waals surface area contributed by atoms with Gasteiger partial charge in [0.15, 0.2) is 5.82 Å². The van der Waals surface area contributed by atoms with E-state index < -0.39 is 11.8 Å². The minimum Gasteiger partial charge on any atom is -0.462 e. The van der Waals surface area contributed by atoms with Crippen molar-refractivity contribution in [2.45, 2.75) is 12.1 Å². The van der Waals surface area contributed by atoms with Crippen molar-refractivity contribution in [2.24, 2.45) is 0 Å². The first-order valence-corrected chi connectivity index (χ1v) is 9.43. The fourth-order valence-corrected chi connectivity index (χ4v) is 2.98. The largest absolute Gasteiger partial charge is 0.462 e. The smallest absolute Gasteiger partial charge is 0.340 e. The molecule has 0 aliphatic carbocycles. The van der Waals surface area contributed by atoms with E-state index in [0.29, 0.717) is 16.4 Å². The SMILES string of the molecule is CCOC(=O)c1ccccc1NC(=O)CSc1n[nH]c(-c2ccccc2F)n1. The maximum Gasteiger partial charge on any atom is 0.340 e. The van der Waals surface area contributed by atoms with Crippen LogP contribution in [-0.4, -0.2) is 39.4 Å². The number of para-hydroxylation sites is 1. The second-order valence-electron chi connectivity index (χ2n) is 5.55. The summed E-state index contributed by atoms with van der Waals surface area (Å²) in [6.07, 6.45) is 0. The Hall–Kier alpha value is -3.20. The molecule has 3 rings (SSSR count). The molecule has 9 heteroatoms. The molecule has 2 N–H and O–H groups in total. The number of nitrogens with one attached hydrogen (secondary N) is 2. The van der Waals surface area contributed by atoms with Gasteiger partial charge in [-0.1, -0.05) is 36.0 Å². The predicted molar refractivity (Wildman–Crippen MR) is 104 cm³/mol. The third kappa shape index (κ3) is 4.74. The number of thioether (sulfide) groups is 1. The van der Waals surface area contributed by atoms with Gasteiger partial charge in [0.1, 0.15) is 5.82 Å². The Morgan fingerprint density at radius 1 is 1.18 bits per heavy atom. The Morgan fingerprint density at radius 2 is 1.93 bits per heavy atom. The molecule has 0 saturated heterocycles. The van der Waals surface area contributed by atoms with Gasteiger partial charge in [-0.05, 0) is 31.2 Å². The molecule has 0 fully saturated rings. The second-order valence-corrected chi connectivity index (χ2v) is 6.49. The van der Waals surface area contributed by atoms with E-state index in [0.717, 1.165) is 11.8 Å². The number of nitrogens with zero attached hydrogens (tertiary/aromatic N) is 2. The van der Waals surface area contributed by atoms with Gasteiger partial charge in [-0.2, -0.15) is 0 Å². The Labute approximate surface area is 164 Å². The average Bonchev–Trinajstić information content (AvgIpc) is 3.16. The summed E-state index contributed by atoms with van der Waals surface area (Å²) in [6.45, 7) is 1.95. The van der Waals surface area contributed by atoms with Crippen molar-refractivity contribution in [1.82, 2.24) is 15.2 Å². The number of ether oxygens (including phenoxy) is 1. The van der Waals surface area contributed by atoms with Crippen LogP contribution in [0.2, 0.25) is 0 Å². The van der Waals surface area contributed by atoms with Gasteiger partial charge in [0.25, 0.3) is 0 Å². The molecule has 3 aromatic rings. The van der Waals surface area contributed by atoms with Gasteiger partial charge in [0.05, 0.1) is 29.2 Å². The van der Waals surface area contributed by atoms with Crippen molar-refractivity contribution in [2.75, 3.05) is 17.7 Å². The van der Waals surface area contributed by atoms with Crippen molar-refractivity contribution in [3.8, 4) is 11.4 Å². The van der Waals surface area contributed by atoms with E-state index in [1.807, 2.05) is 0 Å². The van der Waals surface area contributed by atoms with Gasteiger partial charge in [-0.25, -0.2) is 14.2 Å². The number of anilines is 1. The van der Waals surface area contributed by atoms with Crippen molar-refractivity contribution in [1.29, 1.82) is 0 Å². The van der Waals surface area contributed by atoms with E-state index in [4.69, 9.17) is 4.74 Å². The van der Waals surface area contributed by atoms with Crippen LogP contribution in [-0.2, 0) is 9.53 Å². The Morgan fingerprint density at radius 3 is 2.71 bits per heavy atom. The Kier molecular flexibility index (Phi) is 6.38. The molecule has 28 heavy (non-hydrogen) atoms. The van der Waals surface area contributed by atoms with Crippen molar-refractivity contribution >= 4 is 29.3 Å². The van der Waals surface area contributed by atoms with Gasteiger partial charge in [-0.15, -0.1) is 5.10 Å². The highest BCUT2D eigenvalue weighted by Crippen LogP contribution is 2.22. The van der Waals surface area contributed by atoms with E-state index >= 15 is 0 Å². The maximum atomic E-state index is 13.8. The molecule has 0 aliphatic rings. The molecule has 0 unspecified atom stereocenters. The number of carbonyl (C=O) groups is 2. The van der Waals surface area contributed by atoms with Gasteiger partial charge < -0.3 is 10.1 Å². The molecule has 2 aromatic carbocycles. The number of halogens is 1. The molecule has 0 spiro atoms. The summed E-state index contributed by atoms with van der Waals surface area (Å²) in [5.74, 6) is -0.947. The van der Waals surface area contributed by atoms with E-state index in [2.05, 4.69) is 20.5 Å². The molecule has 1 heterocycles. The van der Waals surface area contributed by atoms with Crippen LogP contribution in [0.25, 0.3) is 11.4 Å². The fourth-order valence-electron chi connectivity index (χ4n) is 2.38. The number of carbonyl (C=O) groups excluding carboxylic acids is 2. The summed E-state index contributed by atoms with van der Waals surface area (Å²) in [5, 5.41) is 9.64. The summed E-state index contributed by atoms with van der Waals surface area (Å²) in [4.78, 5) is 28.4. The van der Waals surface area contributed by atoms with E-state index in [1.54, 1.807) is 49.4 Å². The van der Waals surface area contributed by atoms with Crippen LogP contribution < -0.4 is 5.32 Å². The number of esters is 1. The van der Waals surface area contributed by atoms with E-state index in [1.165, 1.54) is 6.07 Å². The van der Waals surface area contributed by atoms with Crippen molar-refractivity contribution in [3.63, 3.8) is 0 Å². The number of amides is 1. The maximum absolute atomic E-state index is 13.8. The molecule has 0 saturated carbocycles. The minimum absolute atomic E-state index is 0.0196. The lowest BCUT2D eigenvalue weighted by atomic mass is 10.2. The topological polar surface area (TPSA) is 97.0 Å². The lowest BCUT2D eigenvalue weighted by molar-refractivity contribution is -0.113. The normalized spacial score (nSPS) is 10.5. The van der Waals surface area contributed by atoms with Crippen LogP contribution >= 0.6 is 11.8 Å². The molecule has 1 aromatic heterocycles. The van der Waals surface area contributed by atoms with Crippen LogP contribution in [0.3, 0.4) is 0 Å². The van der Waals surface area contributed by atoms with Gasteiger partial charge in [0.2, 0.25) is 11.1 Å². The summed E-state index contributed by atoms with van der Waals surface area (Å²) in [7, 11) is 0. The summed E-state index contributed by atoms with van der Waals surface area (Å²) >= 11 is 1.09. The lowest BCUT2D eigenvalue weighted by Crippen LogP contribution is -2.17. The molecule has 7 nitrogen and oxygen atoms in total. The molecule has 1 amide bonds. The Balaban J connectivity index is 1.62. The lowest BCUT2D eigenvalue weighted by Gasteiger charge is -2.09. The standard InChI is InChI=1S/C19H17FN4O3S/c1-2-27-18(26)13-8-4-6-10-15(13)21-16(25)11-28-19-22-17(23-24-19)12-7-3-5-9-14(12)20/h3-10H,2,11H2,1H3,(H,21,25)(H,22,23,24). The monoisotopic (exact) mass is 400 g/mol. The second kappa shape index (κ2) is 9.14. The first-order chi connectivity index (χ1) is 13.6. The number of aromatic amines is 1. The zero-order valence-corrected chi connectivity index (χ0v) is 15.8. The minimum atomic E-state index is -0.505. The van der Waals surface area contributed by atoms with Crippen LogP contribution in [0.1, 0.15) is 17.3 Å². The third-order valence-electron chi connectivity index (χ3n) is 3.62. The van der Waals surface area contributed by atoms with Crippen LogP contribution in [0.5, 0.6) is 0 Å². The van der Waals surface area contributed by atoms with Gasteiger partial charge in [-0.3, -0.25) is 9.89 Å². The van der Waals surface area contributed by atoms with Gasteiger partial charge >= 0.3 is 5.97 Å². The first-order valence-electron chi connectivity index (χ1n) is 8.44. The highest BCUT2D eigenvalue weighted by Gasteiger charge is 2.15. The summed E-state index contributed by atoms with van der Waals surface area (Å²) in [6, 6.07) is 12.8. The quantitative estimate of drug-likeness (QED) is 0.465. The molecule has 144 valence electrons. The number of H-pyrrole nitrogens is 1. The van der Waals surface area contributed by atoms with Crippen molar-refractivity contribution in [3.05, 3.63) is 59.9 Å². The first kappa shape index (κ1) is 19.6. The van der Waals surface area contributed by atoms with Gasteiger partial charge in [0, 0.05) is 0 Å². The summed E-state index contributed by atoms with van der Waals surface area (Å²) in [5.41, 5.74) is 0.950. The summed E-state index contributed by atoms with van der Waals surface area (Å²) < 4.78 is 18.8. The van der Waals surface area contributed by atoms with Crippen LogP contribution in [0.4, 0.5) is 10.1 Å². The predicted octanol–water partition coefficient (Wildman–Crippen LogP) is 3.52. The number of rotatable bonds is 7. The van der Waals surface area contributed by atoms with E-state index in [9.17, 15) is 14.0 Å². The molecule has 0 radical (unpaired) electrons. The van der Waals surface area contributed by atoms with Crippen molar-refractivity contribution < 1.29 is 18.7 Å². The number of benzene rings is 2. The zero-order valence-electron chi connectivity index (χ0n) is 14.9. The number of aromatic nitrogens is 3. The number of hydrogen-bond acceptors (Lipinski definition) is 6. The fraction of sp³-hybridized carbons (Fsp3) is 0.158. The highest BCUT2D eigenvalue weighted by molar-refractivity contribution is 7.99. The molecular formula is C19H17FN4O3S. The zero-order chi connectivity index (χ0) is 19.9. The Bertz CT molecular complexity index is 993. The molecule has 0 aliphatic heterocycles. The van der Waals surface area contributed by atoms with Crippen LogP contribution in [0.15, 0.2) is 53.7 Å². The number of hydrogen-bond donors (Lipinski definition) is 2. The molecule has 0 bridgehead atoms. The van der Waals surface area contributed by atoms with E-state index in [-0.39, 0.29) is 29.7 Å². The highest BCUT2D eigenvalue weighted by atomic mass is 32.2. The van der Waals surface area contributed by atoms with Crippen LogP contribution in [0, 0.1) is 5.82 Å². The molecular weight excluding hydrogens is 383 g/mol. The third-order valence-corrected chi connectivity index (χ3v) is 4.47. The molecule has 0 atom stereocenters.